The fourth-order valence-corrected chi connectivity index (χ4v) is 2.95. The van der Waals surface area contributed by atoms with E-state index in [1.165, 1.54) is 0 Å². The number of nitrogens with zero attached hydrogens (tertiary/aromatic N) is 2. The molecule has 0 unspecified atom stereocenters. The summed E-state index contributed by atoms with van der Waals surface area (Å²) in [6, 6.07) is 5.43. The monoisotopic (exact) mass is 310 g/mol. The number of carbonyl (C=O) groups is 1. The number of fused-ring (bicyclic) bond motifs is 1. The first-order valence-corrected chi connectivity index (χ1v) is 7.89. The van der Waals surface area contributed by atoms with E-state index in [-0.39, 0.29) is 17.0 Å². The summed E-state index contributed by atoms with van der Waals surface area (Å²) in [5.74, 6) is 0.864. The summed E-state index contributed by atoms with van der Waals surface area (Å²) in [6.45, 7) is 3.06. The maximum atomic E-state index is 12.8. The topological polar surface area (TPSA) is 78.1 Å². The van der Waals surface area contributed by atoms with Crippen LogP contribution in [0.3, 0.4) is 0 Å². The number of H-pyrrole nitrogens is 1. The van der Waals surface area contributed by atoms with Gasteiger partial charge in [0.25, 0.3) is 11.5 Å². The van der Waals surface area contributed by atoms with Crippen molar-refractivity contribution in [3.8, 4) is 0 Å². The van der Waals surface area contributed by atoms with E-state index < -0.39 is 0 Å². The fourth-order valence-electron chi connectivity index (χ4n) is 2.95. The minimum Gasteiger partial charge on any atom is -0.367 e. The average Bonchev–Trinajstić information content (AvgIpc) is 3.38. The number of nitrogens with one attached hydrogen (secondary N) is 2. The normalized spacial score (nSPS) is 16.7. The van der Waals surface area contributed by atoms with Gasteiger partial charge in [-0.2, -0.15) is 0 Å². The lowest BCUT2D eigenvalue weighted by Crippen LogP contribution is -2.41. The highest BCUT2D eigenvalue weighted by molar-refractivity contribution is 6.07. The van der Waals surface area contributed by atoms with E-state index in [1.807, 2.05) is 19.1 Å². The first-order chi connectivity index (χ1) is 11.1. The summed E-state index contributed by atoms with van der Waals surface area (Å²) >= 11 is 0. The molecule has 1 aliphatic heterocycles. The van der Waals surface area contributed by atoms with Crippen LogP contribution >= 0.6 is 0 Å². The van der Waals surface area contributed by atoms with Gasteiger partial charge in [-0.1, -0.05) is 0 Å². The predicted molar refractivity (Wildman–Crippen MR) is 88.2 cm³/mol. The van der Waals surface area contributed by atoms with Gasteiger partial charge in [0.2, 0.25) is 0 Å². The van der Waals surface area contributed by atoms with E-state index in [1.54, 1.807) is 17.2 Å². The van der Waals surface area contributed by atoms with Crippen LogP contribution in [-0.2, 0) is 0 Å². The van der Waals surface area contributed by atoms with E-state index in [2.05, 4.69) is 15.3 Å². The van der Waals surface area contributed by atoms with Gasteiger partial charge in [-0.05, 0) is 49.4 Å². The Bertz CT molecular complexity index is 839. The van der Waals surface area contributed by atoms with Crippen molar-refractivity contribution < 1.29 is 4.79 Å². The van der Waals surface area contributed by atoms with Gasteiger partial charge in [-0.25, -0.2) is 4.98 Å². The zero-order valence-electron chi connectivity index (χ0n) is 12.9. The highest BCUT2D eigenvalue weighted by Gasteiger charge is 2.28. The average molecular weight is 310 g/mol. The van der Waals surface area contributed by atoms with Crippen molar-refractivity contribution in [2.45, 2.75) is 25.7 Å². The summed E-state index contributed by atoms with van der Waals surface area (Å²) < 4.78 is 0. The lowest BCUT2D eigenvalue weighted by Gasteiger charge is -2.29. The maximum absolute atomic E-state index is 12.8. The van der Waals surface area contributed by atoms with Crippen LogP contribution in [0.15, 0.2) is 29.2 Å². The molecule has 3 heterocycles. The number of anilines is 2. The standard InChI is InChI=1S/C17H18N4O2/c1-10-8-14-15(19-9-10)18-6-7-21(14)17(23)12-4-5-13(11-2-3-11)20-16(12)22/h4-5,8-9,11H,2-3,6-7H2,1H3,(H,18,19)(H,20,22). The number of aromatic amines is 1. The Morgan fingerprint density at radius 1 is 1.35 bits per heavy atom. The van der Waals surface area contributed by atoms with Crippen LogP contribution in [-0.4, -0.2) is 29.0 Å². The molecular formula is C17H18N4O2. The molecule has 2 aromatic heterocycles. The number of hydrogen-bond acceptors (Lipinski definition) is 4. The minimum absolute atomic E-state index is 0.184. The second-order valence-electron chi connectivity index (χ2n) is 6.19. The first kappa shape index (κ1) is 14.0. The summed E-state index contributed by atoms with van der Waals surface area (Å²) in [5.41, 5.74) is 2.52. The van der Waals surface area contributed by atoms with Crippen molar-refractivity contribution in [1.29, 1.82) is 0 Å². The Morgan fingerprint density at radius 3 is 2.91 bits per heavy atom. The molecule has 1 saturated carbocycles. The first-order valence-electron chi connectivity index (χ1n) is 7.89. The predicted octanol–water partition coefficient (Wildman–Crippen LogP) is 2.03. The van der Waals surface area contributed by atoms with E-state index in [0.717, 1.165) is 29.8 Å². The molecule has 6 nitrogen and oxygen atoms in total. The van der Waals surface area contributed by atoms with Crippen molar-refractivity contribution >= 4 is 17.4 Å². The molecule has 118 valence electrons. The molecule has 0 atom stereocenters. The summed E-state index contributed by atoms with van der Waals surface area (Å²) in [4.78, 5) is 34.0. The van der Waals surface area contributed by atoms with Crippen molar-refractivity contribution in [2.75, 3.05) is 23.3 Å². The molecule has 6 heteroatoms. The number of hydrogen-bond donors (Lipinski definition) is 2. The Kier molecular flexibility index (Phi) is 3.18. The smallest absolute Gasteiger partial charge is 0.264 e. The van der Waals surface area contributed by atoms with Gasteiger partial charge in [-0.3, -0.25) is 9.59 Å². The second kappa shape index (κ2) is 5.22. The van der Waals surface area contributed by atoms with Crippen LogP contribution < -0.4 is 15.8 Å². The maximum Gasteiger partial charge on any atom is 0.264 e. The molecule has 0 spiro atoms. The number of pyridine rings is 2. The van der Waals surface area contributed by atoms with Gasteiger partial charge >= 0.3 is 0 Å². The van der Waals surface area contributed by atoms with E-state index >= 15 is 0 Å². The third-order valence-electron chi connectivity index (χ3n) is 4.35. The SMILES string of the molecule is Cc1cnc2c(c1)N(C(=O)c1ccc(C3CC3)[nH]c1=O)CCN2. The summed E-state index contributed by atoms with van der Waals surface area (Å²) in [6.07, 6.45) is 3.98. The van der Waals surface area contributed by atoms with Gasteiger partial charge < -0.3 is 15.2 Å². The molecule has 4 rings (SSSR count). The Balaban J connectivity index is 1.70. The number of aromatic nitrogens is 2. The van der Waals surface area contributed by atoms with Crippen molar-refractivity contribution in [1.82, 2.24) is 9.97 Å². The van der Waals surface area contributed by atoms with E-state index in [9.17, 15) is 9.59 Å². The van der Waals surface area contributed by atoms with Crippen molar-refractivity contribution in [2.24, 2.45) is 0 Å². The van der Waals surface area contributed by atoms with Gasteiger partial charge in [0, 0.05) is 25.0 Å². The minimum atomic E-state index is -0.305. The summed E-state index contributed by atoms with van der Waals surface area (Å²) in [5, 5.41) is 3.18. The largest absolute Gasteiger partial charge is 0.367 e. The lowest BCUT2D eigenvalue weighted by atomic mass is 10.1. The third-order valence-corrected chi connectivity index (χ3v) is 4.35. The van der Waals surface area contributed by atoms with Crippen molar-refractivity contribution in [3.63, 3.8) is 0 Å². The van der Waals surface area contributed by atoms with Crippen LogP contribution in [0.2, 0.25) is 0 Å². The zero-order valence-corrected chi connectivity index (χ0v) is 12.9. The Labute approximate surface area is 133 Å². The Morgan fingerprint density at radius 2 is 2.17 bits per heavy atom. The fraction of sp³-hybridized carbons (Fsp3) is 0.353. The van der Waals surface area contributed by atoms with Gasteiger partial charge in [-0.15, -0.1) is 0 Å². The molecule has 2 aromatic rings. The van der Waals surface area contributed by atoms with Gasteiger partial charge in [0.05, 0.1) is 5.69 Å². The van der Waals surface area contributed by atoms with Crippen LogP contribution in [0.5, 0.6) is 0 Å². The molecule has 0 saturated heterocycles. The van der Waals surface area contributed by atoms with E-state index in [4.69, 9.17) is 0 Å². The zero-order chi connectivity index (χ0) is 16.0. The molecule has 1 amide bonds. The number of rotatable bonds is 2. The molecule has 1 aliphatic carbocycles. The lowest BCUT2D eigenvalue weighted by molar-refractivity contribution is 0.0985. The molecule has 2 aliphatic rings. The highest BCUT2D eigenvalue weighted by atomic mass is 16.2. The van der Waals surface area contributed by atoms with Gasteiger partial charge in [0.15, 0.2) is 0 Å². The third kappa shape index (κ3) is 2.50. The Hall–Kier alpha value is -2.63. The van der Waals surface area contributed by atoms with Crippen LogP contribution in [0, 0.1) is 6.92 Å². The molecule has 0 aromatic carbocycles. The number of amides is 1. The second-order valence-corrected chi connectivity index (χ2v) is 6.19. The number of aryl methyl sites for hydroxylation is 1. The van der Waals surface area contributed by atoms with Crippen LogP contribution in [0.4, 0.5) is 11.5 Å². The van der Waals surface area contributed by atoms with Crippen LogP contribution in [0.25, 0.3) is 0 Å². The number of carbonyl (C=O) groups excluding carboxylic acids is 1. The molecule has 0 bridgehead atoms. The summed E-state index contributed by atoms with van der Waals surface area (Å²) in [7, 11) is 0. The molecule has 23 heavy (non-hydrogen) atoms. The quantitative estimate of drug-likeness (QED) is 0.889. The molecule has 1 fully saturated rings. The molecular weight excluding hydrogens is 292 g/mol. The van der Waals surface area contributed by atoms with Gasteiger partial charge in [0.1, 0.15) is 11.4 Å². The molecule has 2 N–H and O–H groups in total. The van der Waals surface area contributed by atoms with Crippen LogP contribution in [0.1, 0.15) is 40.4 Å². The highest BCUT2D eigenvalue weighted by Crippen LogP contribution is 2.38. The van der Waals surface area contributed by atoms with Crippen molar-refractivity contribution in [3.05, 3.63) is 51.6 Å². The van der Waals surface area contributed by atoms with E-state index in [0.29, 0.717) is 24.8 Å². The molecule has 0 radical (unpaired) electrons.